The van der Waals surface area contributed by atoms with E-state index in [0.717, 1.165) is 0 Å². The average Bonchev–Trinajstić information content (AvgIpc) is 2.08. The highest BCUT2D eigenvalue weighted by molar-refractivity contribution is 9.10. The van der Waals surface area contributed by atoms with E-state index >= 15 is 0 Å². The van der Waals surface area contributed by atoms with Crippen LogP contribution >= 0.6 is 15.9 Å². The SMILES string of the molecule is CN(C)C(=O)c1c[nH]c(=O)c(Br)c1. The molecule has 1 rings (SSSR count). The molecule has 1 aromatic rings. The minimum atomic E-state index is -0.240. The van der Waals surface area contributed by atoms with Gasteiger partial charge in [0.2, 0.25) is 0 Å². The van der Waals surface area contributed by atoms with Crippen LogP contribution in [0, 0.1) is 0 Å². The molecule has 0 saturated carbocycles. The predicted octanol–water partition coefficient (Wildman–Crippen LogP) is 0.839. The number of nitrogens with one attached hydrogen (secondary N) is 1. The molecule has 13 heavy (non-hydrogen) atoms. The number of amides is 1. The van der Waals surface area contributed by atoms with Gasteiger partial charge in [-0.2, -0.15) is 0 Å². The predicted molar refractivity (Wildman–Crippen MR) is 52.8 cm³/mol. The zero-order chi connectivity index (χ0) is 10.0. The smallest absolute Gasteiger partial charge is 0.262 e. The van der Waals surface area contributed by atoms with E-state index in [4.69, 9.17) is 0 Å². The Bertz CT molecular complexity index is 384. The topological polar surface area (TPSA) is 53.2 Å². The Kier molecular flexibility index (Phi) is 2.87. The fourth-order valence-corrected chi connectivity index (χ4v) is 1.20. The van der Waals surface area contributed by atoms with Crippen LogP contribution in [-0.4, -0.2) is 29.9 Å². The van der Waals surface area contributed by atoms with Gasteiger partial charge in [0.05, 0.1) is 10.0 Å². The Balaban J connectivity index is 3.11. The molecule has 1 amide bonds. The van der Waals surface area contributed by atoms with E-state index in [-0.39, 0.29) is 11.5 Å². The highest BCUT2D eigenvalue weighted by Gasteiger charge is 2.08. The molecule has 0 bridgehead atoms. The van der Waals surface area contributed by atoms with Gasteiger partial charge in [0.15, 0.2) is 0 Å². The molecule has 5 heteroatoms. The normalized spacial score (nSPS) is 9.77. The highest BCUT2D eigenvalue weighted by Crippen LogP contribution is 2.06. The third-order valence-electron chi connectivity index (χ3n) is 1.51. The molecule has 0 aromatic carbocycles. The number of H-pyrrole nitrogens is 1. The van der Waals surface area contributed by atoms with Crippen LogP contribution in [0.3, 0.4) is 0 Å². The number of aromatic nitrogens is 1. The third kappa shape index (κ3) is 2.18. The van der Waals surface area contributed by atoms with Gasteiger partial charge in [-0.25, -0.2) is 0 Å². The first-order chi connectivity index (χ1) is 6.02. The summed E-state index contributed by atoms with van der Waals surface area (Å²) in [6.07, 6.45) is 1.40. The summed E-state index contributed by atoms with van der Waals surface area (Å²) < 4.78 is 0.361. The average molecular weight is 245 g/mol. The van der Waals surface area contributed by atoms with Gasteiger partial charge >= 0.3 is 0 Å². The Hall–Kier alpha value is -1.10. The number of nitrogens with zero attached hydrogens (tertiary/aromatic N) is 1. The van der Waals surface area contributed by atoms with Crippen LogP contribution in [0.5, 0.6) is 0 Å². The second kappa shape index (κ2) is 3.74. The summed E-state index contributed by atoms with van der Waals surface area (Å²) in [6, 6.07) is 1.50. The van der Waals surface area contributed by atoms with Gasteiger partial charge in [0, 0.05) is 20.3 Å². The summed E-state index contributed by atoms with van der Waals surface area (Å²) >= 11 is 3.05. The van der Waals surface area contributed by atoms with E-state index < -0.39 is 0 Å². The Morgan fingerprint density at radius 3 is 2.62 bits per heavy atom. The molecule has 0 aliphatic carbocycles. The summed E-state index contributed by atoms with van der Waals surface area (Å²) in [5.74, 6) is -0.142. The monoisotopic (exact) mass is 244 g/mol. The number of aromatic amines is 1. The zero-order valence-electron chi connectivity index (χ0n) is 7.30. The van der Waals surface area contributed by atoms with Crippen molar-refractivity contribution in [1.82, 2.24) is 9.88 Å². The van der Waals surface area contributed by atoms with Gasteiger partial charge in [-0.1, -0.05) is 0 Å². The van der Waals surface area contributed by atoms with Crippen molar-refractivity contribution in [1.29, 1.82) is 0 Å². The molecule has 1 N–H and O–H groups in total. The van der Waals surface area contributed by atoms with Crippen LogP contribution in [0.1, 0.15) is 10.4 Å². The van der Waals surface area contributed by atoms with E-state index in [2.05, 4.69) is 20.9 Å². The fourth-order valence-electron chi connectivity index (χ4n) is 0.838. The lowest BCUT2D eigenvalue weighted by atomic mass is 10.2. The molecular formula is C8H9BrN2O2. The number of pyridine rings is 1. The molecule has 0 aliphatic rings. The van der Waals surface area contributed by atoms with Crippen LogP contribution in [0.15, 0.2) is 21.5 Å². The van der Waals surface area contributed by atoms with Crippen LogP contribution in [0.2, 0.25) is 0 Å². The first kappa shape index (κ1) is 9.98. The van der Waals surface area contributed by atoms with Crippen molar-refractivity contribution >= 4 is 21.8 Å². The summed E-state index contributed by atoms with van der Waals surface area (Å²) in [4.78, 5) is 26.2. The fraction of sp³-hybridized carbons (Fsp3) is 0.250. The number of carbonyl (C=O) groups excluding carboxylic acids is 1. The minimum Gasteiger partial charge on any atom is -0.345 e. The first-order valence-electron chi connectivity index (χ1n) is 3.62. The lowest BCUT2D eigenvalue weighted by molar-refractivity contribution is 0.0827. The van der Waals surface area contributed by atoms with Gasteiger partial charge in [0.25, 0.3) is 11.5 Å². The lowest BCUT2D eigenvalue weighted by Crippen LogP contribution is -2.23. The number of hydrogen-bond acceptors (Lipinski definition) is 2. The quantitative estimate of drug-likeness (QED) is 0.797. The van der Waals surface area contributed by atoms with Crippen LogP contribution in [-0.2, 0) is 0 Å². The van der Waals surface area contributed by atoms with Gasteiger partial charge in [-0.3, -0.25) is 9.59 Å². The molecule has 70 valence electrons. The maximum Gasteiger partial charge on any atom is 0.262 e. The van der Waals surface area contributed by atoms with Crippen molar-refractivity contribution in [2.75, 3.05) is 14.1 Å². The van der Waals surface area contributed by atoms with Crippen molar-refractivity contribution in [3.8, 4) is 0 Å². The molecule has 0 unspecified atom stereocenters. The third-order valence-corrected chi connectivity index (χ3v) is 2.10. The standard InChI is InChI=1S/C8H9BrN2O2/c1-11(2)8(13)5-3-6(9)7(12)10-4-5/h3-4H,1-2H3,(H,10,12). The molecule has 0 aliphatic heterocycles. The molecule has 1 heterocycles. The molecular weight excluding hydrogens is 236 g/mol. The Morgan fingerprint density at radius 1 is 1.54 bits per heavy atom. The molecule has 1 aromatic heterocycles. The number of hydrogen-bond donors (Lipinski definition) is 1. The molecule has 0 radical (unpaired) electrons. The van der Waals surface area contributed by atoms with Gasteiger partial charge in [-0.15, -0.1) is 0 Å². The largest absolute Gasteiger partial charge is 0.345 e. The Labute approximate surface area is 83.7 Å². The van der Waals surface area contributed by atoms with Crippen molar-refractivity contribution in [3.05, 3.63) is 32.7 Å². The molecule has 0 atom stereocenters. The van der Waals surface area contributed by atoms with Crippen LogP contribution in [0.4, 0.5) is 0 Å². The van der Waals surface area contributed by atoms with E-state index in [0.29, 0.717) is 10.0 Å². The molecule has 0 saturated heterocycles. The minimum absolute atomic E-state index is 0.142. The zero-order valence-corrected chi connectivity index (χ0v) is 8.88. The molecule has 4 nitrogen and oxygen atoms in total. The maximum atomic E-state index is 11.4. The summed E-state index contributed by atoms with van der Waals surface area (Å²) in [5, 5.41) is 0. The summed E-state index contributed by atoms with van der Waals surface area (Å²) in [7, 11) is 3.31. The number of carbonyl (C=O) groups is 1. The second-order valence-corrected chi connectivity index (χ2v) is 3.62. The van der Waals surface area contributed by atoms with Gasteiger partial charge in [-0.05, 0) is 22.0 Å². The number of rotatable bonds is 1. The van der Waals surface area contributed by atoms with Crippen molar-refractivity contribution in [3.63, 3.8) is 0 Å². The molecule has 0 fully saturated rings. The lowest BCUT2D eigenvalue weighted by Gasteiger charge is -2.09. The van der Waals surface area contributed by atoms with Crippen LogP contribution < -0.4 is 5.56 Å². The van der Waals surface area contributed by atoms with E-state index in [1.54, 1.807) is 14.1 Å². The van der Waals surface area contributed by atoms with Crippen molar-refractivity contribution < 1.29 is 4.79 Å². The van der Waals surface area contributed by atoms with E-state index in [1.807, 2.05) is 0 Å². The van der Waals surface area contributed by atoms with E-state index in [9.17, 15) is 9.59 Å². The summed E-state index contributed by atoms with van der Waals surface area (Å²) in [5.41, 5.74) is 0.215. The van der Waals surface area contributed by atoms with E-state index in [1.165, 1.54) is 17.2 Å². The summed E-state index contributed by atoms with van der Waals surface area (Å²) in [6.45, 7) is 0. The maximum absolute atomic E-state index is 11.4. The molecule has 0 spiro atoms. The second-order valence-electron chi connectivity index (χ2n) is 2.76. The number of halogens is 1. The van der Waals surface area contributed by atoms with Gasteiger partial charge in [0.1, 0.15) is 0 Å². The first-order valence-corrected chi connectivity index (χ1v) is 4.41. The highest BCUT2D eigenvalue weighted by atomic mass is 79.9. The van der Waals surface area contributed by atoms with Crippen molar-refractivity contribution in [2.45, 2.75) is 0 Å². The van der Waals surface area contributed by atoms with Gasteiger partial charge < -0.3 is 9.88 Å². The Morgan fingerprint density at radius 2 is 2.15 bits per heavy atom. The van der Waals surface area contributed by atoms with Crippen molar-refractivity contribution in [2.24, 2.45) is 0 Å². The van der Waals surface area contributed by atoms with Crippen LogP contribution in [0.25, 0.3) is 0 Å².